The summed E-state index contributed by atoms with van der Waals surface area (Å²) in [7, 11) is 9.66. The van der Waals surface area contributed by atoms with E-state index in [1.807, 2.05) is 0 Å². The number of carbonyl (C=O) groups is 2. The van der Waals surface area contributed by atoms with Crippen LogP contribution in [0.2, 0.25) is 0 Å². The topological polar surface area (TPSA) is 167 Å². The zero-order valence-corrected chi connectivity index (χ0v) is 23.7. The number of benzene rings is 2. The minimum absolute atomic E-state index is 0.0115. The van der Waals surface area contributed by atoms with Crippen molar-refractivity contribution in [2.75, 3.05) is 56.4 Å². The predicted molar refractivity (Wildman–Crippen MR) is 139 cm³/mol. The van der Waals surface area contributed by atoms with Crippen LogP contribution in [-0.2, 0) is 18.9 Å². The molecule has 14 heteroatoms. The molecule has 1 aliphatic heterocycles. The van der Waals surface area contributed by atoms with Crippen LogP contribution in [0.5, 0.6) is 34.5 Å². The Morgan fingerprint density at radius 2 is 1.12 bits per heavy atom. The van der Waals surface area contributed by atoms with Crippen molar-refractivity contribution in [3.8, 4) is 34.5 Å². The Kier molecular flexibility index (Phi) is 10.8. The van der Waals surface area contributed by atoms with Gasteiger partial charge in [0.15, 0.2) is 35.4 Å². The number of aliphatic hydroxyl groups is 2. The molecule has 1 heterocycles. The second-order valence-electron chi connectivity index (χ2n) is 8.56. The van der Waals surface area contributed by atoms with E-state index in [1.165, 1.54) is 74.0 Å². The molecule has 0 aromatic heterocycles. The van der Waals surface area contributed by atoms with Crippen molar-refractivity contribution in [1.82, 2.24) is 0 Å². The number of esters is 2. The fourth-order valence-electron chi connectivity index (χ4n) is 4.19. The van der Waals surface area contributed by atoms with Crippen molar-refractivity contribution in [2.45, 2.75) is 30.7 Å². The predicted octanol–water partition coefficient (Wildman–Crippen LogP) is 1.21. The molecule has 0 radical (unpaired) electrons. The molecule has 0 unspecified atom stereocenters. The first-order valence-electron chi connectivity index (χ1n) is 12.2. The molecular formula is C27H34O14. The Morgan fingerprint density at radius 3 is 1.51 bits per heavy atom. The molecular weight excluding hydrogens is 548 g/mol. The van der Waals surface area contributed by atoms with Crippen LogP contribution in [0, 0.1) is 0 Å². The minimum atomic E-state index is -1.66. The maximum Gasteiger partial charge on any atom is 0.338 e. The molecule has 1 fully saturated rings. The summed E-state index contributed by atoms with van der Waals surface area (Å²) in [4.78, 5) is 25.8. The number of hydrogen-bond acceptors (Lipinski definition) is 14. The maximum atomic E-state index is 13.0. The summed E-state index contributed by atoms with van der Waals surface area (Å²) in [5.41, 5.74) is 0.0863. The van der Waals surface area contributed by atoms with Gasteiger partial charge in [0.2, 0.25) is 11.5 Å². The van der Waals surface area contributed by atoms with Crippen LogP contribution in [-0.4, -0.2) is 109 Å². The summed E-state index contributed by atoms with van der Waals surface area (Å²) in [6.07, 6.45) is -7.26. The Bertz CT molecular complexity index is 1160. The van der Waals surface area contributed by atoms with Gasteiger partial charge in [-0.3, -0.25) is 0 Å². The first kappa shape index (κ1) is 31.5. The molecule has 0 aliphatic carbocycles. The average molecular weight is 583 g/mol. The lowest BCUT2D eigenvalue weighted by Gasteiger charge is -2.41. The molecule has 226 valence electrons. The van der Waals surface area contributed by atoms with Crippen LogP contribution >= 0.6 is 0 Å². The van der Waals surface area contributed by atoms with Gasteiger partial charge >= 0.3 is 11.9 Å². The number of rotatable bonds is 12. The average Bonchev–Trinajstić information content (AvgIpc) is 3.00. The van der Waals surface area contributed by atoms with Crippen LogP contribution in [0.1, 0.15) is 20.7 Å². The third-order valence-electron chi connectivity index (χ3n) is 6.30. The van der Waals surface area contributed by atoms with Gasteiger partial charge in [-0.05, 0) is 24.3 Å². The van der Waals surface area contributed by atoms with Gasteiger partial charge in [0.1, 0.15) is 24.9 Å². The normalized spacial score (nSPS) is 21.8. The van der Waals surface area contributed by atoms with Crippen molar-refractivity contribution in [1.29, 1.82) is 0 Å². The SMILES string of the molecule is COc1cc(C(=O)OC[C@H]2O[C@H](OC)[C@H](OC(=O)c3cc(OC)c(OC)c(OC)c3)[C@@H](O)[C@@H]2O)cc(OC)c1OC. The highest BCUT2D eigenvalue weighted by atomic mass is 16.7. The van der Waals surface area contributed by atoms with Gasteiger partial charge in [-0.15, -0.1) is 0 Å². The molecule has 5 atom stereocenters. The van der Waals surface area contributed by atoms with Crippen LogP contribution < -0.4 is 28.4 Å². The van der Waals surface area contributed by atoms with Gasteiger partial charge < -0.3 is 57.6 Å². The Morgan fingerprint density at radius 1 is 0.683 bits per heavy atom. The number of ether oxygens (including phenoxy) is 10. The van der Waals surface area contributed by atoms with Crippen LogP contribution in [0.3, 0.4) is 0 Å². The number of carbonyl (C=O) groups excluding carboxylic acids is 2. The molecule has 14 nitrogen and oxygen atoms in total. The molecule has 2 aromatic rings. The molecule has 0 spiro atoms. The van der Waals surface area contributed by atoms with Gasteiger partial charge in [-0.2, -0.15) is 0 Å². The lowest BCUT2D eigenvalue weighted by atomic mass is 9.99. The fraction of sp³-hybridized carbons (Fsp3) is 0.481. The van der Waals surface area contributed by atoms with Crippen molar-refractivity contribution >= 4 is 11.9 Å². The first-order chi connectivity index (χ1) is 19.7. The molecule has 2 aromatic carbocycles. The number of methoxy groups -OCH3 is 7. The Labute approximate surface area is 236 Å². The van der Waals surface area contributed by atoms with Crippen LogP contribution in [0.4, 0.5) is 0 Å². The lowest BCUT2D eigenvalue weighted by Crippen LogP contribution is -2.60. The van der Waals surface area contributed by atoms with Crippen molar-refractivity contribution in [3.05, 3.63) is 35.4 Å². The van der Waals surface area contributed by atoms with Gasteiger partial charge in [0.25, 0.3) is 0 Å². The summed E-state index contributed by atoms with van der Waals surface area (Å²) in [5.74, 6) is -0.248. The van der Waals surface area contributed by atoms with E-state index in [0.717, 1.165) is 0 Å². The summed E-state index contributed by atoms with van der Waals surface area (Å²) in [6, 6.07) is 5.52. The number of hydrogen-bond donors (Lipinski definition) is 2. The fourth-order valence-corrected chi connectivity index (χ4v) is 4.19. The first-order valence-corrected chi connectivity index (χ1v) is 12.2. The monoisotopic (exact) mass is 582 g/mol. The van der Waals surface area contributed by atoms with Gasteiger partial charge in [-0.25, -0.2) is 9.59 Å². The molecule has 1 saturated heterocycles. The summed E-state index contributed by atoms with van der Waals surface area (Å²) >= 11 is 0. The molecule has 0 amide bonds. The van der Waals surface area contributed by atoms with E-state index >= 15 is 0 Å². The highest BCUT2D eigenvalue weighted by Crippen LogP contribution is 2.39. The molecule has 0 saturated carbocycles. The van der Waals surface area contributed by atoms with Crippen molar-refractivity contribution in [2.24, 2.45) is 0 Å². The van der Waals surface area contributed by atoms with E-state index in [-0.39, 0.29) is 45.6 Å². The minimum Gasteiger partial charge on any atom is -0.493 e. The van der Waals surface area contributed by atoms with Gasteiger partial charge in [0.05, 0.1) is 53.8 Å². The highest BCUT2D eigenvalue weighted by molar-refractivity contribution is 5.92. The van der Waals surface area contributed by atoms with E-state index < -0.39 is 49.3 Å². The molecule has 3 rings (SSSR count). The zero-order chi connectivity index (χ0) is 30.3. The smallest absolute Gasteiger partial charge is 0.338 e. The van der Waals surface area contributed by atoms with E-state index in [4.69, 9.17) is 47.4 Å². The number of aliphatic hydroxyl groups excluding tert-OH is 2. The summed E-state index contributed by atoms with van der Waals surface area (Å²) in [5, 5.41) is 21.5. The van der Waals surface area contributed by atoms with E-state index in [2.05, 4.69) is 0 Å². The largest absolute Gasteiger partial charge is 0.493 e. The Hall–Kier alpha value is -3.98. The second-order valence-corrected chi connectivity index (χ2v) is 8.56. The Balaban J connectivity index is 1.73. The third-order valence-corrected chi connectivity index (χ3v) is 6.30. The standard InChI is InChI=1S/C27H34O14/c1-32-15-8-13(9-16(33-2)22(15)36-5)25(30)39-12-19-20(28)21(29)24(27(38-7)40-19)41-26(31)14-10-17(34-3)23(37-6)18(11-14)35-4/h8-11,19-21,24,27-29H,12H2,1-7H3/t19-,20-,21+,24-,27+/m1/s1. The highest BCUT2D eigenvalue weighted by Gasteiger charge is 2.47. The van der Waals surface area contributed by atoms with Gasteiger partial charge in [-0.1, -0.05) is 0 Å². The van der Waals surface area contributed by atoms with E-state index in [0.29, 0.717) is 0 Å². The van der Waals surface area contributed by atoms with Crippen molar-refractivity contribution < 1.29 is 67.2 Å². The summed E-state index contributed by atoms with van der Waals surface area (Å²) in [6.45, 7) is -0.471. The van der Waals surface area contributed by atoms with Gasteiger partial charge in [0, 0.05) is 7.11 Å². The van der Waals surface area contributed by atoms with Crippen LogP contribution in [0.15, 0.2) is 24.3 Å². The molecule has 0 bridgehead atoms. The third kappa shape index (κ3) is 6.68. The molecule has 41 heavy (non-hydrogen) atoms. The lowest BCUT2D eigenvalue weighted by molar-refractivity contribution is -0.293. The molecule has 1 aliphatic rings. The quantitative estimate of drug-likeness (QED) is 0.343. The zero-order valence-electron chi connectivity index (χ0n) is 23.7. The van der Waals surface area contributed by atoms with E-state index in [1.54, 1.807) is 0 Å². The van der Waals surface area contributed by atoms with Crippen LogP contribution in [0.25, 0.3) is 0 Å². The van der Waals surface area contributed by atoms with E-state index in [9.17, 15) is 19.8 Å². The van der Waals surface area contributed by atoms with Crippen molar-refractivity contribution in [3.63, 3.8) is 0 Å². The second kappa shape index (κ2) is 14.1. The maximum absolute atomic E-state index is 13.0. The molecule has 2 N–H and O–H groups in total. The summed E-state index contributed by atoms with van der Waals surface area (Å²) < 4.78 is 53.2.